The fourth-order valence-electron chi connectivity index (χ4n) is 3.62. The molecular weight excluding hydrogens is 340 g/mol. The van der Waals surface area contributed by atoms with Crippen LogP contribution in [0.2, 0.25) is 0 Å². The number of benzene rings is 2. The van der Waals surface area contributed by atoms with Gasteiger partial charge in [0.1, 0.15) is 11.4 Å². The molecule has 0 spiro atoms. The minimum absolute atomic E-state index is 0.0804. The van der Waals surface area contributed by atoms with Crippen molar-refractivity contribution < 1.29 is 14.6 Å². The van der Waals surface area contributed by atoms with Crippen molar-refractivity contribution >= 4 is 5.91 Å². The maximum atomic E-state index is 13.0. The van der Waals surface area contributed by atoms with E-state index >= 15 is 0 Å². The van der Waals surface area contributed by atoms with E-state index in [1.807, 2.05) is 50.2 Å². The van der Waals surface area contributed by atoms with E-state index in [9.17, 15) is 9.90 Å². The normalized spacial score (nSPS) is 19.3. The van der Waals surface area contributed by atoms with Crippen LogP contribution in [0.3, 0.4) is 0 Å². The van der Waals surface area contributed by atoms with Gasteiger partial charge >= 0.3 is 0 Å². The number of ether oxygens (including phenoxy) is 1. The smallest absolute Gasteiger partial charge is 0.254 e. The second kappa shape index (κ2) is 8.11. The van der Waals surface area contributed by atoms with Gasteiger partial charge in [-0.1, -0.05) is 30.3 Å². The quantitative estimate of drug-likeness (QED) is 0.769. The zero-order valence-electron chi connectivity index (χ0n) is 16.1. The van der Waals surface area contributed by atoms with Gasteiger partial charge in [0.2, 0.25) is 0 Å². The molecule has 0 aromatic heterocycles. The minimum Gasteiger partial charge on any atom is -0.493 e. The van der Waals surface area contributed by atoms with Gasteiger partial charge in [0, 0.05) is 12.1 Å². The molecule has 1 aliphatic heterocycles. The second-order valence-electron chi connectivity index (χ2n) is 7.29. The molecule has 3 rings (SSSR count). The molecule has 0 unspecified atom stereocenters. The summed E-state index contributed by atoms with van der Waals surface area (Å²) in [5.41, 5.74) is 8.03. The van der Waals surface area contributed by atoms with E-state index in [2.05, 4.69) is 0 Å². The summed E-state index contributed by atoms with van der Waals surface area (Å²) < 4.78 is 5.76. The Bertz CT molecular complexity index is 821. The summed E-state index contributed by atoms with van der Waals surface area (Å²) in [6, 6.07) is 13.3. The third kappa shape index (κ3) is 4.15. The second-order valence-corrected chi connectivity index (χ2v) is 7.29. The number of aliphatic hydroxyl groups is 1. The van der Waals surface area contributed by atoms with Crippen LogP contribution in [0, 0.1) is 13.8 Å². The van der Waals surface area contributed by atoms with Crippen LogP contribution in [-0.2, 0) is 5.60 Å². The predicted molar refractivity (Wildman–Crippen MR) is 106 cm³/mol. The molecule has 1 aliphatic rings. The Labute approximate surface area is 160 Å². The number of β-amino-alcohol motifs (C(OH)–C–C–N with tert-alkyl or cyclic N) is 1. The summed E-state index contributed by atoms with van der Waals surface area (Å²) in [6.07, 6.45) is 1.31. The molecule has 0 saturated carbocycles. The van der Waals surface area contributed by atoms with Crippen molar-refractivity contribution in [1.29, 1.82) is 0 Å². The van der Waals surface area contributed by atoms with E-state index in [-0.39, 0.29) is 5.91 Å². The number of nitrogens with zero attached hydrogens (tertiary/aromatic N) is 1. The molecule has 5 heteroatoms. The fourth-order valence-corrected chi connectivity index (χ4v) is 3.62. The lowest BCUT2D eigenvalue weighted by atomic mass is 9.89. The lowest BCUT2D eigenvalue weighted by molar-refractivity contribution is 0.0412. The molecule has 2 aromatic rings. The first-order chi connectivity index (χ1) is 12.9. The van der Waals surface area contributed by atoms with Crippen molar-refractivity contribution in [1.82, 2.24) is 4.90 Å². The van der Waals surface area contributed by atoms with E-state index in [4.69, 9.17) is 10.5 Å². The monoisotopic (exact) mass is 368 g/mol. The molecule has 0 radical (unpaired) electrons. The number of hydrogen-bond donors (Lipinski definition) is 2. The predicted octanol–water partition coefficient (Wildman–Crippen LogP) is 2.76. The number of rotatable bonds is 6. The lowest BCUT2D eigenvalue weighted by Crippen LogP contribution is -2.34. The van der Waals surface area contributed by atoms with Crippen LogP contribution in [-0.4, -0.2) is 42.2 Å². The van der Waals surface area contributed by atoms with Crippen molar-refractivity contribution in [2.75, 3.05) is 26.2 Å². The van der Waals surface area contributed by atoms with Crippen LogP contribution in [0.1, 0.15) is 39.9 Å². The average Bonchev–Trinajstić information content (AvgIpc) is 3.06. The zero-order valence-corrected chi connectivity index (χ0v) is 16.1. The molecule has 27 heavy (non-hydrogen) atoms. The van der Waals surface area contributed by atoms with Crippen molar-refractivity contribution in [2.45, 2.75) is 32.3 Å². The van der Waals surface area contributed by atoms with E-state index in [0.717, 1.165) is 23.1 Å². The van der Waals surface area contributed by atoms with Gasteiger partial charge in [-0.25, -0.2) is 0 Å². The van der Waals surface area contributed by atoms with Crippen molar-refractivity contribution in [2.24, 2.45) is 5.73 Å². The van der Waals surface area contributed by atoms with E-state index in [1.165, 1.54) is 0 Å². The topological polar surface area (TPSA) is 75.8 Å². The Balaban J connectivity index is 1.75. The number of hydrogen-bond acceptors (Lipinski definition) is 4. The highest BCUT2D eigenvalue weighted by Gasteiger charge is 2.40. The summed E-state index contributed by atoms with van der Waals surface area (Å²) in [4.78, 5) is 14.7. The fraction of sp³-hybridized carbons (Fsp3) is 0.409. The van der Waals surface area contributed by atoms with E-state index < -0.39 is 5.60 Å². The van der Waals surface area contributed by atoms with Crippen molar-refractivity contribution in [3.8, 4) is 5.75 Å². The maximum absolute atomic E-state index is 13.0. The minimum atomic E-state index is -0.994. The molecule has 0 aliphatic carbocycles. The molecule has 1 saturated heterocycles. The number of carbonyl (C=O) groups is 1. The molecule has 0 bridgehead atoms. The number of amides is 1. The lowest BCUT2D eigenvalue weighted by Gasteiger charge is -2.25. The van der Waals surface area contributed by atoms with Crippen LogP contribution in [0.5, 0.6) is 5.75 Å². The third-order valence-corrected chi connectivity index (χ3v) is 5.22. The van der Waals surface area contributed by atoms with Crippen LogP contribution >= 0.6 is 0 Å². The number of nitrogens with two attached hydrogens (primary N) is 1. The molecule has 1 amide bonds. The first kappa shape index (κ1) is 19.4. The standard InChI is InChI=1S/C22H28N2O3/c1-16-6-3-4-7-19(16)22(26)10-12-24(15-22)21(25)18-9-8-17(2)20(14-18)27-13-5-11-23/h3-4,6-9,14,26H,5,10-13,15,23H2,1-2H3/t22-/m1/s1. The van der Waals surface area contributed by atoms with Crippen LogP contribution in [0.4, 0.5) is 0 Å². The molecule has 144 valence electrons. The summed E-state index contributed by atoms with van der Waals surface area (Å²) in [5, 5.41) is 11.1. The third-order valence-electron chi connectivity index (χ3n) is 5.22. The van der Waals surface area contributed by atoms with E-state index in [0.29, 0.717) is 44.0 Å². The largest absolute Gasteiger partial charge is 0.493 e. The van der Waals surface area contributed by atoms with Crippen molar-refractivity contribution in [3.05, 3.63) is 64.7 Å². The van der Waals surface area contributed by atoms with Gasteiger partial charge in [-0.05, 0) is 62.1 Å². The first-order valence-electron chi connectivity index (χ1n) is 9.46. The first-order valence-corrected chi connectivity index (χ1v) is 9.46. The highest BCUT2D eigenvalue weighted by molar-refractivity contribution is 5.95. The zero-order chi connectivity index (χ0) is 19.4. The van der Waals surface area contributed by atoms with Gasteiger partial charge in [-0.15, -0.1) is 0 Å². The number of carbonyl (C=O) groups excluding carboxylic acids is 1. The van der Waals surface area contributed by atoms with Crippen LogP contribution < -0.4 is 10.5 Å². The van der Waals surface area contributed by atoms with Gasteiger partial charge in [0.05, 0.1) is 13.2 Å². The molecule has 1 heterocycles. The van der Waals surface area contributed by atoms with Gasteiger partial charge < -0.3 is 20.5 Å². The summed E-state index contributed by atoms with van der Waals surface area (Å²) in [6.45, 7) is 5.88. The van der Waals surface area contributed by atoms with Crippen molar-refractivity contribution in [3.63, 3.8) is 0 Å². The van der Waals surface area contributed by atoms with Gasteiger partial charge in [0.15, 0.2) is 0 Å². The number of likely N-dealkylation sites (tertiary alicyclic amines) is 1. The summed E-state index contributed by atoms with van der Waals surface area (Å²) in [7, 11) is 0. The molecular formula is C22H28N2O3. The maximum Gasteiger partial charge on any atom is 0.254 e. The molecule has 1 atom stereocenters. The molecule has 1 fully saturated rings. The Morgan fingerprint density at radius 1 is 1.22 bits per heavy atom. The van der Waals surface area contributed by atoms with Crippen LogP contribution in [0.25, 0.3) is 0 Å². The van der Waals surface area contributed by atoms with E-state index in [1.54, 1.807) is 11.0 Å². The Kier molecular flexibility index (Phi) is 5.82. The Morgan fingerprint density at radius 3 is 2.74 bits per heavy atom. The SMILES string of the molecule is Cc1ccc(C(=O)N2CC[C@](O)(c3ccccc3C)C2)cc1OCCCN. The summed E-state index contributed by atoms with van der Waals surface area (Å²) in [5.74, 6) is 0.630. The van der Waals surface area contributed by atoms with Gasteiger partial charge in [0.25, 0.3) is 5.91 Å². The molecule has 2 aromatic carbocycles. The highest BCUT2D eigenvalue weighted by Crippen LogP contribution is 2.34. The van der Waals surface area contributed by atoms with Gasteiger partial charge in [-0.2, -0.15) is 0 Å². The van der Waals surface area contributed by atoms with Gasteiger partial charge in [-0.3, -0.25) is 4.79 Å². The summed E-state index contributed by atoms with van der Waals surface area (Å²) >= 11 is 0. The number of aryl methyl sites for hydroxylation is 2. The van der Waals surface area contributed by atoms with Crippen LogP contribution in [0.15, 0.2) is 42.5 Å². The Morgan fingerprint density at radius 2 is 2.00 bits per heavy atom. The highest BCUT2D eigenvalue weighted by atomic mass is 16.5. The Hall–Kier alpha value is -2.37. The average molecular weight is 368 g/mol. The molecule has 5 nitrogen and oxygen atoms in total. The molecule has 3 N–H and O–H groups in total.